The van der Waals surface area contributed by atoms with Crippen LogP contribution in [-0.2, 0) is 20.8 Å². The van der Waals surface area contributed by atoms with E-state index in [0.717, 1.165) is 6.42 Å². The Morgan fingerprint density at radius 1 is 1.53 bits per heavy atom. The van der Waals surface area contributed by atoms with E-state index >= 15 is 0 Å². The molecule has 0 aromatic carbocycles. The third kappa shape index (κ3) is 4.25. The van der Waals surface area contributed by atoms with Crippen LogP contribution < -0.4 is 0 Å². The van der Waals surface area contributed by atoms with Crippen LogP contribution in [0.4, 0.5) is 0 Å². The maximum absolute atomic E-state index is 11.7. The number of carbonyl (C=O) groups excluding carboxylic acids is 1. The van der Waals surface area contributed by atoms with Crippen molar-refractivity contribution in [1.29, 1.82) is 0 Å². The molecular formula is C13H19N3O3. The van der Waals surface area contributed by atoms with Gasteiger partial charge in [0.25, 0.3) is 0 Å². The Bertz CT molecular complexity index is 428. The summed E-state index contributed by atoms with van der Waals surface area (Å²) in [6.07, 6.45) is 6.39. The monoisotopic (exact) mass is 265 g/mol. The van der Waals surface area contributed by atoms with Crippen molar-refractivity contribution in [3.05, 3.63) is 24.5 Å². The highest BCUT2D eigenvalue weighted by Gasteiger charge is 2.26. The van der Waals surface area contributed by atoms with Crippen LogP contribution in [0.1, 0.15) is 20.3 Å². The van der Waals surface area contributed by atoms with Gasteiger partial charge in [-0.25, -0.2) is 4.68 Å². The number of ketones is 1. The summed E-state index contributed by atoms with van der Waals surface area (Å²) in [7, 11) is 0. The average Bonchev–Trinajstić information content (AvgIpc) is 2.85. The van der Waals surface area contributed by atoms with Crippen molar-refractivity contribution in [2.24, 2.45) is 5.92 Å². The Morgan fingerprint density at radius 3 is 3.05 bits per heavy atom. The largest absolute Gasteiger partial charge is 0.349 e. The molecule has 6 nitrogen and oxygen atoms in total. The summed E-state index contributed by atoms with van der Waals surface area (Å²) in [5, 5.41) is 7.52. The lowest BCUT2D eigenvalue weighted by molar-refractivity contribution is -0.166. The van der Waals surface area contributed by atoms with Crippen LogP contribution in [0.2, 0.25) is 0 Å². The van der Waals surface area contributed by atoms with Gasteiger partial charge in [0.2, 0.25) is 0 Å². The van der Waals surface area contributed by atoms with Crippen LogP contribution in [0.25, 0.3) is 0 Å². The molecule has 0 spiro atoms. The lowest BCUT2D eigenvalue weighted by Gasteiger charge is -2.25. The number of aromatic nitrogens is 3. The normalized spacial score (nSPS) is 23.2. The van der Waals surface area contributed by atoms with Gasteiger partial charge in [0, 0.05) is 6.20 Å². The van der Waals surface area contributed by atoms with E-state index in [1.807, 2.05) is 0 Å². The highest BCUT2D eigenvalue weighted by atomic mass is 16.7. The van der Waals surface area contributed by atoms with Crippen LogP contribution in [-0.4, -0.2) is 39.8 Å². The number of hydrogen-bond acceptors (Lipinski definition) is 5. The molecule has 19 heavy (non-hydrogen) atoms. The lowest BCUT2D eigenvalue weighted by atomic mass is 10.1. The molecule has 1 aromatic heterocycles. The van der Waals surface area contributed by atoms with E-state index in [2.05, 4.69) is 24.2 Å². The smallest absolute Gasteiger partial charge is 0.186 e. The second-order valence-electron chi connectivity index (χ2n) is 4.93. The molecule has 0 radical (unpaired) electrons. The summed E-state index contributed by atoms with van der Waals surface area (Å²) < 4.78 is 12.8. The fourth-order valence-electron chi connectivity index (χ4n) is 1.70. The predicted octanol–water partition coefficient (Wildman–Crippen LogP) is 1.19. The third-order valence-corrected chi connectivity index (χ3v) is 2.84. The van der Waals surface area contributed by atoms with Crippen molar-refractivity contribution in [1.82, 2.24) is 15.0 Å². The Balaban J connectivity index is 1.84. The molecule has 1 aromatic rings. The molecule has 0 saturated carbocycles. The van der Waals surface area contributed by atoms with Gasteiger partial charge < -0.3 is 9.47 Å². The standard InChI is InChI=1S/C13H19N3O3/c1-10(2)5-8-18-13-4-3-11(17)12(19-13)9-16-7-6-14-15-16/h3-4,6-7,10,12-13H,5,8-9H2,1-2H3/t12-,13+/m1/s1. The van der Waals surface area contributed by atoms with Crippen LogP contribution in [0.3, 0.4) is 0 Å². The van der Waals surface area contributed by atoms with Crippen LogP contribution >= 0.6 is 0 Å². The molecule has 0 N–H and O–H groups in total. The third-order valence-electron chi connectivity index (χ3n) is 2.84. The fraction of sp³-hybridized carbons (Fsp3) is 0.615. The minimum atomic E-state index is -0.559. The molecule has 2 atom stereocenters. The SMILES string of the molecule is CC(C)CCO[C@@H]1C=CC(=O)[C@@H](Cn2ccnn2)O1. The first-order valence-electron chi connectivity index (χ1n) is 6.48. The predicted molar refractivity (Wildman–Crippen MR) is 68.2 cm³/mol. The van der Waals surface area contributed by atoms with Gasteiger partial charge in [-0.3, -0.25) is 4.79 Å². The van der Waals surface area contributed by atoms with E-state index in [1.165, 1.54) is 6.08 Å². The van der Waals surface area contributed by atoms with Gasteiger partial charge in [-0.1, -0.05) is 19.1 Å². The molecule has 104 valence electrons. The second kappa shape index (κ2) is 6.58. The molecule has 0 amide bonds. The molecule has 0 aliphatic carbocycles. The van der Waals surface area contributed by atoms with Gasteiger partial charge >= 0.3 is 0 Å². The van der Waals surface area contributed by atoms with E-state index in [1.54, 1.807) is 23.2 Å². The average molecular weight is 265 g/mol. The van der Waals surface area contributed by atoms with Crippen molar-refractivity contribution in [3.63, 3.8) is 0 Å². The molecule has 2 rings (SSSR count). The molecule has 2 heterocycles. The van der Waals surface area contributed by atoms with Crippen molar-refractivity contribution < 1.29 is 14.3 Å². The second-order valence-corrected chi connectivity index (χ2v) is 4.93. The number of nitrogens with zero attached hydrogens (tertiary/aromatic N) is 3. The molecule has 0 unspecified atom stereocenters. The quantitative estimate of drug-likeness (QED) is 0.773. The zero-order valence-corrected chi connectivity index (χ0v) is 11.2. The highest BCUT2D eigenvalue weighted by Crippen LogP contribution is 2.13. The molecule has 0 saturated heterocycles. The maximum atomic E-state index is 11.7. The molecule has 1 aliphatic heterocycles. The first-order chi connectivity index (χ1) is 9.15. The number of hydrogen-bond donors (Lipinski definition) is 0. The van der Waals surface area contributed by atoms with E-state index in [-0.39, 0.29) is 5.78 Å². The van der Waals surface area contributed by atoms with Gasteiger partial charge in [-0.15, -0.1) is 5.10 Å². The maximum Gasteiger partial charge on any atom is 0.186 e. The topological polar surface area (TPSA) is 66.2 Å². The Morgan fingerprint density at radius 2 is 2.37 bits per heavy atom. The summed E-state index contributed by atoms with van der Waals surface area (Å²) in [6, 6.07) is 0. The number of rotatable bonds is 6. The van der Waals surface area contributed by atoms with Crippen molar-refractivity contribution >= 4 is 5.78 Å². The first-order valence-corrected chi connectivity index (χ1v) is 6.48. The Kier molecular flexibility index (Phi) is 4.81. The minimum absolute atomic E-state index is 0.0702. The van der Waals surface area contributed by atoms with Gasteiger partial charge in [-0.05, 0) is 24.5 Å². The summed E-state index contributed by atoms with van der Waals surface area (Å²) in [4.78, 5) is 11.7. The molecule has 1 aliphatic rings. The van der Waals surface area contributed by atoms with Gasteiger partial charge in [0.05, 0.1) is 19.3 Å². The van der Waals surface area contributed by atoms with Crippen molar-refractivity contribution in [2.75, 3.05) is 6.61 Å². The summed E-state index contributed by atoms with van der Waals surface area (Å²) in [5.74, 6) is 0.513. The molecular weight excluding hydrogens is 246 g/mol. The van der Waals surface area contributed by atoms with Crippen molar-refractivity contribution in [2.45, 2.75) is 39.2 Å². The Hall–Kier alpha value is -1.53. The van der Waals surface area contributed by atoms with E-state index in [0.29, 0.717) is 19.1 Å². The molecule has 0 bridgehead atoms. The number of ether oxygens (including phenoxy) is 2. The van der Waals surface area contributed by atoms with Crippen molar-refractivity contribution in [3.8, 4) is 0 Å². The zero-order chi connectivity index (χ0) is 13.7. The van der Waals surface area contributed by atoms with Crippen LogP contribution in [0.5, 0.6) is 0 Å². The van der Waals surface area contributed by atoms with E-state index in [4.69, 9.17) is 9.47 Å². The highest BCUT2D eigenvalue weighted by molar-refractivity contribution is 5.94. The lowest BCUT2D eigenvalue weighted by Crippen LogP contribution is -2.36. The molecule has 6 heteroatoms. The van der Waals surface area contributed by atoms with Gasteiger partial charge in [0.1, 0.15) is 6.10 Å². The first kappa shape index (κ1) is 13.9. The number of carbonyl (C=O) groups is 1. The van der Waals surface area contributed by atoms with E-state index in [9.17, 15) is 4.79 Å². The molecule has 0 fully saturated rings. The summed E-state index contributed by atoms with van der Waals surface area (Å²) in [5.41, 5.74) is 0. The van der Waals surface area contributed by atoms with E-state index < -0.39 is 12.4 Å². The fourth-order valence-corrected chi connectivity index (χ4v) is 1.70. The Labute approximate surface area is 112 Å². The zero-order valence-electron chi connectivity index (χ0n) is 11.2. The minimum Gasteiger partial charge on any atom is -0.349 e. The summed E-state index contributed by atoms with van der Waals surface area (Å²) >= 11 is 0. The van der Waals surface area contributed by atoms with Gasteiger partial charge in [-0.2, -0.15) is 0 Å². The van der Waals surface area contributed by atoms with Gasteiger partial charge in [0.15, 0.2) is 12.1 Å². The summed E-state index contributed by atoms with van der Waals surface area (Å²) in [6.45, 7) is 5.25. The van der Waals surface area contributed by atoms with Crippen LogP contribution in [0.15, 0.2) is 24.5 Å². The van der Waals surface area contributed by atoms with Crippen LogP contribution in [0, 0.1) is 5.92 Å².